The molecular formula is C20H22N2O2. The van der Waals surface area contributed by atoms with Crippen LogP contribution in [0.5, 0.6) is 0 Å². The van der Waals surface area contributed by atoms with E-state index in [-0.39, 0.29) is 19.1 Å². The summed E-state index contributed by atoms with van der Waals surface area (Å²) in [6, 6.07) is 18.9. The molecule has 0 fully saturated rings. The number of carbonyl (C=O) groups excluding carboxylic acids is 1. The van der Waals surface area contributed by atoms with Crippen LogP contribution in [0.4, 0.5) is 0 Å². The maximum absolute atomic E-state index is 13.1. The van der Waals surface area contributed by atoms with E-state index >= 15 is 0 Å². The molecule has 0 aromatic heterocycles. The fourth-order valence-corrected chi connectivity index (χ4v) is 2.67. The molecule has 0 bridgehead atoms. The lowest BCUT2D eigenvalue weighted by atomic mass is 9.82. The highest BCUT2D eigenvalue weighted by Crippen LogP contribution is 2.27. The van der Waals surface area contributed by atoms with Gasteiger partial charge in [0.15, 0.2) is 0 Å². The number of benzene rings is 2. The third kappa shape index (κ3) is 4.01. The normalized spacial score (nSPS) is 10.9. The molecule has 2 aromatic rings. The molecular weight excluding hydrogens is 300 g/mol. The minimum Gasteiger partial charge on any atom is -0.395 e. The van der Waals surface area contributed by atoms with Gasteiger partial charge in [0.1, 0.15) is 0 Å². The first-order valence-corrected chi connectivity index (χ1v) is 7.94. The van der Waals surface area contributed by atoms with E-state index in [0.29, 0.717) is 12.1 Å². The predicted octanol–water partition coefficient (Wildman–Crippen LogP) is 2.86. The summed E-state index contributed by atoms with van der Waals surface area (Å²) in [4.78, 5) is 14.8. The standard InChI is InChI=1S/C20H22N2O2/c1-20(2,18-10-6-9-17(13-18)14-21)19(24)22(11-12-23)15-16-7-4-3-5-8-16/h3-10,13,23H,11-12,15H2,1-2H3. The third-order valence-electron chi connectivity index (χ3n) is 4.12. The summed E-state index contributed by atoms with van der Waals surface area (Å²) < 4.78 is 0. The Morgan fingerprint density at radius 3 is 2.50 bits per heavy atom. The summed E-state index contributed by atoms with van der Waals surface area (Å²) in [6.45, 7) is 4.33. The molecule has 2 rings (SSSR count). The lowest BCUT2D eigenvalue weighted by Gasteiger charge is -2.32. The molecule has 4 heteroatoms. The minimum absolute atomic E-state index is 0.0736. The molecule has 1 N–H and O–H groups in total. The Morgan fingerprint density at radius 2 is 1.88 bits per heavy atom. The van der Waals surface area contributed by atoms with E-state index < -0.39 is 5.41 Å². The zero-order chi connectivity index (χ0) is 17.6. The van der Waals surface area contributed by atoms with Gasteiger partial charge in [0, 0.05) is 13.1 Å². The van der Waals surface area contributed by atoms with Crippen molar-refractivity contribution in [2.45, 2.75) is 25.8 Å². The highest BCUT2D eigenvalue weighted by molar-refractivity contribution is 5.87. The molecule has 0 aliphatic heterocycles. The average Bonchev–Trinajstić information content (AvgIpc) is 2.61. The molecule has 0 saturated heterocycles. The number of carbonyl (C=O) groups is 1. The van der Waals surface area contributed by atoms with E-state index in [1.807, 2.05) is 50.2 Å². The van der Waals surface area contributed by atoms with Crippen molar-refractivity contribution in [2.75, 3.05) is 13.2 Å². The van der Waals surface area contributed by atoms with Gasteiger partial charge in [-0.05, 0) is 37.1 Å². The summed E-state index contributed by atoms with van der Waals surface area (Å²) in [6.07, 6.45) is 0. The SMILES string of the molecule is CC(C)(C(=O)N(CCO)Cc1ccccc1)c1cccc(C#N)c1. The van der Waals surface area contributed by atoms with Gasteiger partial charge in [0.05, 0.1) is 23.7 Å². The van der Waals surface area contributed by atoms with Crippen LogP contribution in [0.1, 0.15) is 30.5 Å². The number of hydrogen-bond acceptors (Lipinski definition) is 3. The number of amides is 1. The van der Waals surface area contributed by atoms with Crippen molar-refractivity contribution in [1.29, 1.82) is 5.26 Å². The fourth-order valence-electron chi connectivity index (χ4n) is 2.67. The Kier molecular flexibility index (Phi) is 5.73. The number of rotatable bonds is 6. The van der Waals surface area contributed by atoms with Gasteiger partial charge in [-0.2, -0.15) is 5.26 Å². The molecule has 24 heavy (non-hydrogen) atoms. The molecule has 4 nitrogen and oxygen atoms in total. The summed E-state index contributed by atoms with van der Waals surface area (Å²) in [5.74, 6) is -0.0736. The van der Waals surface area contributed by atoms with Crippen LogP contribution in [0, 0.1) is 11.3 Å². The third-order valence-corrected chi connectivity index (χ3v) is 4.12. The predicted molar refractivity (Wildman–Crippen MR) is 93.1 cm³/mol. The lowest BCUT2D eigenvalue weighted by Crippen LogP contribution is -2.44. The smallest absolute Gasteiger partial charge is 0.233 e. The van der Waals surface area contributed by atoms with Crippen molar-refractivity contribution in [1.82, 2.24) is 4.90 Å². The fraction of sp³-hybridized carbons (Fsp3) is 0.300. The average molecular weight is 322 g/mol. The van der Waals surface area contributed by atoms with Crippen LogP contribution < -0.4 is 0 Å². The molecule has 0 heterocycles. The summed E-state index contributed by atoms with van der Waals surface area (Å²) in [5, 5.41) is 18.4. The van der Waals surface area contributed by atoms with Gasteiger partial charge in [-0.1, -0.05) is 42.5 Å². The molecule has 0 atom stereocenters. The van der Waals surface area contributed by atoms with E-state index in [1.165, 1.54) is 0 Å². The topological polar surface area (TPSA) is 64.3 Å². The maximum Gasteiger partial charge on any atom is 0.233 e. The van der Waals surface area contributed by atoms with Crippen LogP contribution in [0.15, 0.2) is 54.6 Å². The van der Waals surface area contributed by atoms with Crippen molar-refractivity contribution in [3.63, 3.8) is 0 Å². The molecule has 0 spiro atoms. The van der Waals surface area contributed by atoms with Gasteiger partial charge >= 0.3 is 0 Å². The van der Waals surface area contributed by atoms with Crippen molar-refractivity contribution < 1.29 is 9.90 Å². The number of aliphatic hydroxyl groups excluding tert-OH is 1. The Morgan fingerprint density at radius 1 is 1.17 bits per heavy atom. The Balaban J connectivity index is 2.28. The van der Waals surface area contributed by atoms with Crippen molar-refractivity contribution >= 4 is 5.91 Å². The van der Waals surface area contributed by atoms with Crippen molar-refractivity contribution in [3.05, 3.63) is 71.3 Å². The Bertz CT molecular complexity index is 733. The van der Waals surface area contributed by atoms with Crippen LogP contribution in [0.2, 0.25) is 0 Å². The molecule has 1 amide bonds. The van der Waals surface area contributed by atoms with Gasteiger partial charge in [0.25, 0.3) is 0 Å². The highest BCUT2D eigenvalue weighted by atomic mass is 16.3. The van der Waals surface area contributed by atoms with Crippen LogP contribution in [-0.2, 0) is 16.8 Å². The molecule has 0 radical (unpaired) electrons. The first-order chi connectivity index (χ1) is 11.5. The molecule has 124 valence electrons. The molecule has 0 aliphatic carbocycles. The summed E-state index contributed by atoms with van der Waals surface area (Å²) >= 11 is 0. The second kappa shape index (κ2) is 7.76. The Labute approximate surface area is 143 Å². The monoisotopic (exact) mass is 322 g/mol. The number of nitrogens with zero attached hydrogens (tertiary/aromatic N) is 2. The van der Waals surface area contributed by atoms with Crippen molar-refractivity contribution in [2.24, 2.45) is 0 Å². The summed E-state index contributed by atoms with van der Waals surface area (Å²) in [5.41, 5.74) is 1.56. The van der Waals surface area contributed by atoms with Crippen LogP contribution in [0.25, 0.3) is 0 Å². The first-order valence-electron chi connectivity index (χ1n) is 7.94. The zero-order valence-electron chi connectivity index (χ0n) is 14.1. The maximum atomic E-state index is 13.1. The van der Waals surface area contributed by atoms with E-state index in [0.717, 1.165) is 11.1 Å². The van der Waals surface area contributed by atoms with Crippen LogP contribution >= 0.6 is 0 Å². The first kappa shape index (κ1) is 17.7. The van der Waals surface area contributed by atoms with Gasteiger partial charge in [-0.15, -0.1) is 0 Å². The highest BCUT2D eigenvalue weighted by Gasteiger charge is 2.33. The number of nitriles is 1. The van der Waals surface area contributed by atoms with E-state index in [9.17, 15) is 9.90 Å². The zero-order valence-corrected chi connectivity index (χ0v) is 14.1. The van der Waals surface area contributed by atoms with Gasteiger partial charge in [0.2, 0.25) is 5.91 Å². The Hall–Kier alpha value is -2.64. The van der Waals surface area contributed by atoms with Gasteiger partial charge in [-0.3, -0.25) is 4.79 Å². The van der Waals surface area contributed by atoms with E-state index in [2.05, 4.69) is 6.07 Å². The van der Waals surface area contributed by atoms with Crippen LogP contribution in [0.3, 0.4) is 0 Å². The van der Waals surface area contributed by atoms with Gasteiger partial charge in [-0.25, -0.2) is 0 Å². The van der Waals surface area contributed by atoms with Gasteiger partial charge < -0.3 is 10.0 Å². The van der Waals surface area contributed by atoms with Crippen LogP contribution in [-0.4, -0.2) is 29.1 Å². The molecule has 2 aromatic carbocycles. The lowest BCUT2D eigenvalue weighted by molar-refractivity contribution is -0.137. The van der Waals surface area contributed by atoms with Crippen molar-refractivity contribution in [3.8, 4) is 6.07 Å². The quantitative estimate of drug-likeness (QED) is 0.889. The van der Waals surface area contributed by atoms with E-state index in [4.69, 9.17) is 5.26 Å². The summed E-state index contributed by atoms with van der Waals surface area (Å²) in [7, 11) is 0. The number of aliphatic hydroxyl groups is 1. The molecule has 0 saturated carbocycles. The molecule has 0 aliphatic rings. The molecule has 0 unspecified atom stereocenters. The largest absolute Gasteiger partial charge is 0.395 e. The second-order valence-electron chi connectivity index (χ2n) is 6.25. The second-order valence-corrected chi connectivity index (χ2v) is 6.25. The number of hydrogen-bond donors (Lipinski definition) is 1. The van der Waals surface area contributed by atoms with E-state index in [1.54, 1.807) is 23.1 Å². The minimum atomic E-state index is -0.781.